The lowest BCUT2D eigenvalue weighted by Crippen LogP contribution is -2.49. The van der Waals surface area contributed by atoms with Gasteiger partial charge in [-0.15, -0.1) is 0 Å². The molecule has 0 radical (unpaired) electrons. The van der Waals surface area contributed by atoms with Gasteiger partial charge < -0.3 is 48.2 Å². The summed E-state index contributed by atoms with van der Waals surface area (Å²) < 4.78 is 26.8. The molecular weight excluding hydrogens is 598 g/mol. The lowest BCUT2D eigenvalue weighted by atomic mass is 10.1. The number of amides is 1. The molecule has 0 aromatic carbocycles. The van der Waals surface area contributed by atoms with E-state index in [-0.39, 0.29) is 30.9 Å². The molecule has 46 heavy (non-hydrogen) atoms. The van der Waals surface area contributed by atoms with Gasteiger partial charge in [-0.25, -0.2) is 9.97 Å². The van der Waals surface area contributed by atoms with Crippen LogP contribution in [0.15, 0.2) is 0 Å². The average molecular weight is 648 g/mol. The normalized spacial score (nSPS) is 16.0. The Hall–Kier alpha value is -3.60. The van der Waals surface area contributed by atoms with E-state index in [1.807, 2.05) is 14.7 Å². The smallest absolute Gasteiger partial charge is 0.307 e. The molecule has 0 bridgehead atoms. The third-order valence-corrected chi connectivity index (χ3v) is 8.39. The summed E-state index contributed by atoms with van der Waals surface area (Å²) in [5, 5.41) is 0. The topological polar surface area (TPSA) is 148 Å². The maximum atomic E-state index is 12.9. The first-order valence-corrected chi connectivity index (χ1v) is 15.7. The van der Waals surface area contributed by atoms with Gasteiger partial charge in [-0.3, -0.25) is 9.59 Å². The second-order valence-electron chi connectivity index (χ2n) is 11.3. The number of carbonyl (C=O) groups is 2. The number of methoxy groups -OCH3 is 5. The quantitative estimate of drug-likeness (QED) is 0.218. The summed E-state index contributed by atoms with van der Waals surface area (Å²) in [6, 6.07) is 0. The standard InChI is InChI=1S/C30H49N9O7/c1-35-13-14-39(21-23(35)40)28-26-25(31-29(34-28)37(15-18-42-2)12-9-24(41)46-6)27(36-10-7-22(45-5)8-11-36)33-30(32-26)38(16-19-43-3)17-20-44-4/h22H,7-21H2,1-6H3. The molecule has 16 heteroatoms. The Balaban J connectivity index is 1.93. The largest absolute Gasteiger partial charge is 0.469 e. The number of esters is 1. The molecule has 2 saturated heterocycles. The number of carbonyl (C=O) groups excluding carboxylic acids is 2. The molecule has 256 valence electrons. The Kier molecular flexibility index (Phi) is 13.3. The zero-order chi connectivity index (χ0) is 33.1. The van der Waals surface area contributed by atoms with Crippen molar-refractivity contribution in [3.8, 4) is 0 Å². The number of rotatable bonds is 17. The second kappa shape index (κ2) is 17.4. The molecule has 0 atom stereocenters. The first kappa shape index (κ1) is 35.3. The summed E-state index contributed by atoms with van der Waals surface area (Å²) >= 11 is 0. The number of piperidine rings is 1. The van der Waals surface area contributed by atoms with Crippen LogP contribution in [0.4, 0.5) is 23.5 Å². The van der Waals surface area contributed by atoms with Crippen molar-refractivity contribution >= 4 is 46.4 Å². The first-order valence-electron chi connectivity index (χ1n) is 15.7. The minimum atomic E-state index is -0.338. The Morgan fingerprint density at radius 3 is 1.74 bits per heavy atom. The summed E-state index contributed by atoms with van der Waals surface area (Å²) in [6.07, 6.45) is 1.99. The van der Waals surface area contributed by atoms with Gasteiger partial charge in [0.05, 0.1) is 46.0 Å². The van der Waals surface area contributed by atoms with Gasteiger partial charge in [-0.2, -0.15) is 9.97 Å². The van der Waals surface area contributed by atoms with E-state index in [4.69, 9.17) is 43.6 Å². The van der Waals surface area contributed by atoms with Gasteiger partial charge in [0.2, 0.25) is 17.8 Å². The van der Waals surface area contributed by atoms with Crippen LogP contribution in [0, 0.1) is 0 Å². The number of ether oxygens (including phenoxy) is 5. The van der Waals surface area contributed by atoms with E-state index < -0.39 is 0 Å². The summed E-state index contributed by atoms with van der Waals surface area (Å²) in [7, 11) is 9.86. The lowest BCUT2D eigenvalue weighted by Gasteiger charge is -2.35. The van der Waals surface area contributed by atoms with Gasteiger partial charge >= 0.3 is 5.97 Å². The molecule has 1 amide bonds. The predicted molar refractivity (Wildman–Crippen MR) is 174 cm³/mol. The third-order valence-electron chi connectivity index (χ3n) is 8.39. The molecule has 0 saturated carbocycles. The van der Waals surface area contributed by atoms with Gasteiger partial charge in [0, 0.05) is 87.8 Å². The zero-order valence-electron chi connectivity index (χ0n) is 28.1. The molecule has 0 spiro atoms. The van der Waals surface area contributed by atoms with E-state index in [9.17, 15) is 9.59 Å². The highest BCUT2D eigenvalue weighted by Crippen LogP contribution is 2.34. The van der Waals surface area contributed by atoms with E-state index in [1.54, 1.807) is 40.4 Å². The molecule has 2 aliphatic heterocycles. The maximum absolute atomic E-state index is 12.9. The van der Waals surface area contributed by atoms with Crippen molar-refractivity contribution in [2.45, 2.75) is 25.4 Å². The highest BCUT2D eigenvalue weighted by atomic mass is 16.5. The van der Waals surface area contributed by atoms with E-state index in [1.165, 1.54) is 7.11 Å². The predicted octanol–water partition coefficient (Wildman–Crippen LogP) is 0.429. The molecule has 4 heterocycles. The summed E-state index contributed by atoms with van der Waals surface area (Å²) in [4.78, 5) is 55.3. The fourth-order valence-electron chi connectivity index (χ4n) is 5.49. The van der Waals surface area contributed by atoms with Gasteiger partial charge in [0.15, 0.2) is 11.6 Å². The molecule has 4 rings (SSSR count). The average Bonchev–Trinajstić information content (AvgIpc) is 3.08. The van der Waals surface area contributed by atoms with E-state index >= 15 is 0 Å². The number of piperazine rings is 1. The Labute approximate surface area is 270 Å². The Bertz CT molecular complexity index is 1290. The van der Waals surface area contributed by atoms with Crippen LogP contribution in [-0.2, 0) is 33.3 Å². The maximum Gasteiger partial charge on any atom is 0.307 e. The molecule has 2 aromatic heterocycles. The van der Waals surface area contributed by atoms with Crippen LogP contribution in [0.25, 0.3) is 11.0 Å². The molecule has 0 N–H and O–H groups in total. The van der Waals surface area contributed by atoms with E-state index in [2.05, 4.69) is 4.90 Å². The van der Waals surface area contributed by atoms with Crippen LogP contribution in [0.2, 0.25) is 0 Å². The highest BCUT2D eigenvalue weighted by Gasteiger charge is 2.30. The lowest BCUT2D eigenvalue weighted by molar-refractivity contribution is -0.140. The van der Waals surface area contributed by atoms with Crippen molar-refractivity contribution in [2.75, 3.05) is 141 Å². The van der Waals surface area contributed by atoms with Crippen LogP contribution in [0.5, 0.6) is 0 Å². The molecule has 2 fully saturated rings. The minimum absolute atomic E-state index is 0.0144. The Morgan fingerprint density at radius 2 is 1.26 bits per heavy atom. The number of likely N-dealkylation sites (N-methyl/N-ethyl adjacent to an activating group) is 1. The fourth-order valence-corrected chi connectivity index (χ4v) is 5.49. The monoisotopic (exact) mass is 647 g/mol. The third kappa shape index (κ3) is 8.80. The van der Waals surface area contributed by atoms with Crippen LogP contribution < -0.4 is 19.6 Å². The molecule has 0 aliphatic carbocycles. The fraction of sp³-hybridized carbons (Fsp3) is 0.733. The van der Waals surface area contributed by atoms with Crippen molar-refractivity contribution in [1.29, 1.82) is 0 Å². The number of hydrogen-bond acceptors (Lipinski definition) is 15. The van der Waals surface area contributed by atoms with Gasteiger partial charge in [0.1, 0.15) is 11.0 Å². The summed E-state index contributed by atoms with van der Waals surface area (Å²) in [5.41, 5.74) is 1.12. The van der Waals surface area contributed by atoms with Crippen molar-refractivity contribution in [3.05, 3.63) is 0 Å². The molecular formula is C30H49N9O7. The van der Waals surface area contributed by atoms with Gasteiger partial charge in [-0.05, 0) is 12.8 Å². The van der Waals surface area contributed by atoms with Crippen LogP contribution in [0.3, 0.4) is 0 Å². The SMILES string of the molecule is COCCN(CCC(=O)OC)c1nc(N2CCN(C)C(=O)C2)c2nc(N(CCOC)CCOC)nc(N3CCC(OC)CC3)c2n1. The number of nitrogens with zero attached hydrogens (tertiary/aromatic N) is 9. The van der Waals surface area contributed by atoms with Crippen LogP contribution in [-0.4, -0.2) is 164 Å². The van der Waals surface area contributed by atoms with Crippen molar-refractivity contribution in [1.82, 2.24) is 24.8 Å². The first-order chi connectivity index (χ1) is 22.3. The molecule has 16 nitrogen and oxygen atoms in total. The number of aromatic nitrogens is 4. The molecule has 0 unspecified atom stereocenters. The summed E-state index contributed by atoms with van der Waals surface area (Å²) in [5.74, 6) is 1.77. The summed E-state index contributed by atoms with van der Waals surface area (Å²) in [6.45, 7) is 5.90. The number of anilines is 4. The van der Waals surface area contributed by atoms with Gasteiger partial charge in [0.25, 0.3) is 0 Å². The molecule has 2 aromatic rings. The van der Waals surface area contributed by atoms with E-state index in [0.717, 1.165) is 25.9 Å². The number of fused-ring (bicyclic) bond motifs is 1. The van der Waals surface area contributed by atoms with E-state index in [0.29, 0.717) is 93.7 Å². The second-order valence-corrected chi connectivity index (χ2v) is 11.3. The van der Waals surface area contributed by atoms with Crippen LogP contribution >= 0.6 is 0 Å². The van der Waals surface area contributed by atoms with Crippen molar-refractivity contribution in [2.24, 2.45) is 0 Å². The minimum Gasteiger partial charge on any atom is -0.469 e. The highest BCUT2D eigenvalue weighted by molar-refractivity contribution is 5.96. The Morgan fingerprint density at radius 1 is 0.739 bits per heavy atom. The van der Waals surface area contributed by atoms with Gasteiger partial charge in [-0.1, -0.05) is 0 Å². The molecule has 2 aliphatic rings. The zero-order valence-corrected chi connectivity index (χ0v) is 28.1. The van der Waals surface area contributed by atoms with Crippen LogP contribution in [0.1, 0.15) is 19.3 Å². The number of hydrogen-bond donors (Lipinski definition) is 0. The van der Waals surface area contributed by atoms with Crippen molar-refractivity contribution < 1.29 is 33.3 Å². The van der Waals surface area contributed by atoms with Crippen molar-refractivity contribution in [3.63, 3.8) is 0 Å².